The Morgan fingerprint density at radius 1 is 1.16 bits per heavy atom. The van der Waals surface area contributed by atoms with Crippen LogP contribution in [0, 0.1) is 0 Å². The molecule has 2 aromatic carbocycles. The van der Waals surface area contributed by atoms with E-state index in [1.807, 2.05) is 36.4 Å². The summed E-state index contributed by atoms with van der Waals surface area (Å²) in [5.41, 5.74) is 8.92. The van der Waals surface area contributed by atoms with Crippen molar-refractivity contribution in [2.24, 2.45) is 0 Å². The first-order valence-electron chi connectivity index (χ1n) is 6.25. The van der Waals surface area contributed by atoms with Crippen molar-refractivity contribution in [2.45, 2.75) is 6.54 Å². The summed E-state index contributed by atoms with van der Waals surface area (Å²) < 4.78 is 6.80. The number of halogens is 1. The maximum Gasteiger partial charge on any atom is 0.124 e. The maximum absolute atomic E-state index is 5.79. The molecule has 98 valence electrons. The van der Waals surface area contributed by atoms with Crippen molar-refractivity contribution in [3.63, 3.8) is 0 Å². The van der Waals surface area contributed by atoms with Gasteiger partial charge in [0, 0.05) is 22.3 Å². The zero-order valence-electron chi connectivity index (χ0n) is 10.5. The van der Waals surface area contributed by atoms with Crippen LogP contribution >= 0.6 is 15.9 Å². The van der Waals surface area contributed by atoms with Crippen LogP contribution in [-0.4, -0.2) is 13.2 Å². The summed E-state index contributed by atoms with van der Waals surface area (Å²) in [6.07, 6.45) is 0. The molecule has 2 N–H and O–H groups in total. The first-order valence-corrected chi connectivity index (χ1v) is 7.04. The number of rotatable bonds is 1. The van der Waals surface area contributed by atoms with Gasteiger partial charge in [0.15, 0.2) is 0 Å². The zero-order chi connectivity index (χ0) is 13.2. The van der Waals surface area contributed by atoms with Gasteiger partial charge in [0.2, 0.25) is 0 Å². The molecule has 3 nitrogen and oxygen atoms in total. The molecule has 4 heteroatoms. The van der Waals surface area contributed by atoms with Gasteiger partial charge in [-0.1, -0.05) is 18.2 Å². The number of nitrogen functional groups attached to an aromatic ring is 1. The van der Waals surface area contributed by atoms with E-state index in [1.165, 1.54) is 5.56 Å². The van der Waals surface area contributed by atoms with E-state index >= 15 is 0 Å². The Balaban J connectivity index is 1.94. The van der Waals surface area contributed by atoms with Crippen molar-refractivity contribution < 1.29 is 4.74 Å². The number of hydrogen-bond donors (Lipinski definition) is 1. The predicted octanol–water partition coefficient (Wildman–Crippen LogP) is 3.43. The van der Waals surface area contributed by atoms with Gasteiger partial charge in [0.05, 0.1) is 12.2 Å². The average Bonchev–Trinajstić information content (AvgIpc) is 2.60. The molecule has 0 saturated carbocycles. The topological polar surface area (TPSA) is 38.5 Å². The molecule has 1 aliphatic heterocycles. The Hall–Kier alpha value is -1.68. The van der Waals surface area contributed by atoms with Gasteiger partial charge in [-0.05, 0) is 40.2 Å². The van der Waals surface area contributed by atoms with E-state index in [4.69, 9.17) is 10.5 Å². The Bertz CT molecular complexity index is 600. The van der Waals surface area contributed by atoms with Gasteiger partial charge in [0.1, 0.15) is 12.4 Å². The molecule has 0 amide bonds. The monoisotopic (exact) mass is 318 g/mol. The average molecular weight is 319 g/mol. The number of anilines is 2. The van der Waals surface area contributed by atoms with E-state index in [0.29, 0.717) is 6.61 Å². The second-order valence-electron chi connectivity index (χ2n) is 4.59. The fourth-order valence-electron chi connectivity index (χ4n) is 2.31. The Morgan fingerprint density at radius 3 is 2.84 bits per heavy atom. The van der Waals surface area contributed by atoms with Crippen LogP contribution in [0.4, 0.5) is 11.4 Å². The van der Waals surface area contributed by atoms with Crippen LogP contribution in [0.3, 0.4) is 0 Å². The molecule has 0 aromatic heterocycles. The minimum absolute atomic E-state index is 0.688. The fraction of sp³-hybridized carbons (Fsp3) is 0.200. The van der Waals surface area contributed by atoms with Gasteiger partial charge >= 0.3 is 0 Å². The van der Waals surface area contributed by atoms with E-state index in [9.17, 15) is 0 Å². The molecule has 0 unspecified atom stereocenters. The van der Waals surface area contributed by atoms with Crippen LogP contribution in [0.2, 0.25) is 0 Å². The van der Waals surface area contributed by atoms with Gasteiger partial charge in [-0.3, -0.25) is 0 Å². The van der Waals surface area contributed by atoms with E-state index in [1.54, 1.807) is 0 Å². The zero-order valence-corrected chi connectivity index (χ0v) is 12.1. The molecule has 0 atom stereocenters. The molecule has 1 heterocycles. The number of fused-ring (bicyclic) bond motifs is 1. The largest absolute Gasteiger partial charge is 0.491 e. The highest BCUT2D eigenvalue weighted by Gasteiger charge is 2.17. The minimum Gasteiger partial charge on any atom is -0.491 e. The lowest BCUT2D eigenvalue weighted by atomic mass is 10.2. The van der Waals surface area contributed by atoms with Gasteiger partial charge < -0.3 is 15.4 Å². The van der Waals surface area contributed by atoms with Crippen molar-refractivity contribution in [1.82, 2.24) is 0 Å². The lowest BCUT2D eigenvalue weighted by Crippen LogP contribution is -2.25. The highest BCUT2D eigenvalue weighted by Crippen LogP contribution is 2.32. The molecule has 1 aliphatic rings. The molecular formula is C15H15BrN2O. The third-order valence-corrected chi connectivity index (χ3v) is 3.90. The number of ether oxygens (including phenoxy) is 1. The van der Waals surface area contributed by atoms with Crippen molar-refractivity contribution in [3.05, 3.63) is 52.5 Å². The van der Waals surface area contributed by atoms with Gasteiger partial charge in [-0.2, -0.15) is 0 Å². The minimum atomic E-state index is 0.688. The summed E-state index contributed by atoms with van der Waals surface area (Å²) in [5, 5.41) is 0. The smallest absolute Gasteiger partial charge is 0.124 e. The molecule has 0 saturated heterocycles. The molecule has 0 bridgehead atoms. The third-order valence-electron chi connectivity index (χ3n) is 3.27. The molecule has 0 fully saturated rings. The lowest BCUT2D eigenvalue weighted by Gasteiger charge is -2.23. The summed E-state index contributed by atoms with van der Waals surface area (Å²) >= 11 is 3.59. The van der Waals surface area contributed by atoms with Crippen LogP contribution in [0.5, 0.6) is 5.75 Å². The number of nitrogens with zero attached hydrogens (tertiary/aromatic N) is 1. The summed E-state index contributed by atoms with van der Waals surface area (Å²) in [6, 6.07) is 14.1. The summed E-state index contributed by atoms with van der Waals surface area (Å²) in [6.45, 7) is 2.39. The third kappa shape index (κ3) is 2.54. The predicted molar refractivity (Wildman–Crippen MR) is 81.5 cm³/mol. The van der Waals surface area contributed by atoms with Gasteiger partial charge in [0.25, 0.3) is 0 Å². The second kappa shape index (κ2) is 5.13. The van der Waals surface area contributed by atoms with Crippen LogP contribution in [0.1, 0.15) is 5.56 Å². The second-order valence-corrected chi connectivity index (χ2v) is 5.44. The van der Waals surface area contributed by atoms with Crippen molar-refractivity contribution in [1.29, 1.82) is 0 Å². The molecular weight excluding hydrogens is 304 g/mol. The lowest BCUT2D eigenvalue weighted by molar-refractivity contribution is 0.331. The van der Waals surface area contributed by atoms with E-state index in [2.05, 4.69) is 26.9 Å². The first kappa shape index (κ1) is 12.4. The molecule has 2 aromatic rings. The summed E-state index contributed by atoms with van der Waals surface area (Å²) in [7, 11) is 0. The van der Waals surface area contributed by atoms with Gasteiger partial charge in [-0.15, -0.1) is 0 Å². The van der Waals surface area contributed by atoms with Crippen molar-refractivity contribution >= 4 is 27.3 Å². The Kier molecular flexibility index (Phi) is 3.34. The Labute approximate surface area is 121 Å². The highest BCUT2D eigenvalue weighted by atomic mass is 79.9. The summed E-state index contributed by atoms with van der Waals surface area (Å²) in [5.74, 6) is 0.983. The molecule has 0 spiro atoms. The first-order chi connectivity index (χ1) is 9.24. The van der Waals surface area contributed by atoms with E-state index < -0.39 is 0 Å². The highest BCUT2D eigenvalue weighted by molar-refractivity contribution is 9.10. The van der Waals surface area contributed by atoms with Crippen LogP contribution in [0.25, 0.3) is 0 Å². The molecule has 19 heavy (non-hydrogen) atoms. The number of para-hydroxylation sites is 1. The van der Waals surface area contributed by atoms with E-state index in [-0.39, 0.29) is 0 Å². The number of nitrogens with two attached hydrogens (primary N) is 1. The van der Waals surface area contributed by atoms with Crippen LogP contribution in [0.15, 0.2) is 46.9 Å². The summed E-state index contributed by atoms with van der Waals surface area (Å²) in [4.78, 5) is 2.30. The standard InChI is InChI=1S/C15H15BrN2O/c16-13-9-12(17)5-6-14(13)18-7-8-19-15-4-2-1-3-11(15)10-18/h1-6,9H,7-8,10,17H2. The number of benzene rings is 2. The quantitative estimate of drug-likeness (QED) is 0.819. The fourth-order valence-corrected chi connectivity index (χ4v) is 2.96. The maximum atomic E-state index is 5.79. The van der Waals surface area contributed by atoms with Gasteiger partial charge in [-0.25, -0.2) is 0 Å². The van der Waals surface area contributed by atoms with E-state index in [0.717, 1.165) is 34.7 Å². The SMILES string of the molecule is Nc1ccc(N2CCOc3ccccc3C2)c(Br)c1. The molecule has 0 radical (unpaired) electrons. The molecule has 3 rings (SSSR count). The molecule has 0 aliphatic carbocycles. The van der Waals surface area contributed by atoms with Crippen LogP contribution in [-0.2, 0) is 6.54 Å². The van der Waals surface area contributed by atoms with Crippen LogP contribution < -0.4 is 15.4 Å². The van der Waals surface area contributed by atoms with Crippen molar-refractivity contribution in [3.8, 4) is 5.75 Å². The van der Waals surface area contributed by atoms with Crippen molar-refractivity contribution in [2.75, 3.05) is 23.8 Å². The number of hydrogen-bond acceptors (Lipinski definition) is 3. The normalized spacial score (nSPS) is 14.5. The Morgan fingerprint density at radius 2 is 2.00 bits per heavy atom.